The average molecular weight is 324 g/mol. The van der Waals surface area contributed by atoms with Crippen LogP contribution in [0.5, 0.6) is 5.75 Å². The summed E-state index contributed by atoms with van der Waals surface area (Å²) >= 11 is 0. The van der Waals surface area contributed by atoms with E-state index in [9.17, 15) is 0 Å². The highest BCUT2D eigenvalue weighted by Crippen LogP contribution is 2.31. The van der Waals surface area contributed by atoms with Crippen LogP contribution in [0.15, 0.2) is 42.9 Å². The Morgan fingerprint density at radius 2 is 2.33 bits per heavy atom. The summed E-state index contributed by atoms with van der Waals surface area (Å²) in [5, 5.41) is 8.58. The Labute approximate surface area is 140 Å². The molecule has 0 amide bonds. The summed E-state index contributed by atoms with van der Waals surface area (Å²) in [7, 11) is 1.91. The van der Waals surface area contributed by atoms with Crippen molar-refractivity contribution in [2.24, 2.45) is 7.05 Å². The topological polar surface area (TPSA) is 61.2 Å². The van der Waals surface area contributed by atoms with E-state index in [1.807, 2.05) is 31.6 Å². The minimum atomic E-state index is 0.0764. The molecule has 1 fully saturated rings. The van der Waals surface area contributed by atoms with Crippen LogP contribution in [-0.2, 0) is 11.8 Å². The monoisotopic (exact) mass is 324 g/mol. The predicted molar refractivity (Wildman–Crippen MR) is 92.0 cm³/mol. The summed E-state index contributed by atoms with van der Waals surface area (Å²) < 4.78 is 13.6. The fourth-order valence-electron chi connectivity index (χ4n) is 2.91. The molecule has 6 nitrogen and oxygen atoms in total. The fraction of sp³-hybridized carbons (Fsp3) is 0.333. The Morgan fingerprint density at radius 3 is 3.12 bits per heavy atom. The minimum Gasteiger partial charge on any atom is -0.490 e. The largest absolute Gasteiger partial charge is 0.490 e. The van der Waals surface area contributed by atoms with Crippen molar-refractivity contribution >= 4 is 10.9 Å². The van der Waals surface area contributed by atoms with E-state index in [1.165, 1.54) is 0 Å². The number of benzene rings is 1. The van der Waals surface area contributed by atoms with E-state index in [2.05, 4.69) is 27.5 Å². The molecule has 4 rings (SSSR count). The molecule has 6 heteroatoms. The van der Waals surface area contributed by atoms with Crippen LogP contribution in [0.1, 0.15) is 0 Å². The molecule has 24 heavy (non-hydrogen) atoms. The van der Waals surface area contributed by atoms with Gasteiger partial charge >= 0.3 is 0 Å². The third kappa shape index (κ3) is 3.11. The third-order valence-corrected chi connectivity index (χ3v) is 4.15. The normalized spacial score (nSPS) is 18.0. The second-order valence-electron chi connectivity index (χ2n) is 5.96. The zero-order valence-electron chi connectivity index (χ0n) is 13.6. The van der Waals surface area contributed by atoms with Crippen molar-refractivity contribution < 1.29 is 9.47 Å². The number of ether oxygens (including phenoxy) is 2. The van der Waals surface area contributed by atoms with Gasteiger partial charge < -0.3 is 14.8 Å². The van der Waals surface area contributed by atoms with E-state index in [0.29, 0.717) is 6.61 Å². The molecule has 3 heterocycles. The number of pyridine rings is 1. The van der Waals surface area contributed by atoms with Crippen LogP contribution in [0.25, 0.3) is 22.0 Å². The van der Waals surface area contributed by atoms with Gasteiger partial charge in [-0.15, -0.1) is 0 Å². The van der Waals surface area contributed by atoms with Crippen LogP contribution < -0.4 is 10.1 Å². The van der Waals surface area contributed by atoms with Gasteiger partial charge in [0.2, 0.25) is 0 Å². The molecule has 3 aromatic rings. The maximum atomic E-state index is 6.10. The molecule has 1 N–H and O–H groups in total. The highest BCUT2D eigenvalue weighted by molar-refractivity contribution is 5.89. The first-order chi connectivity index (χ1) is 11.8. The lowest BCUT2D eigenvalue weighted by Crippen LogP contribution is -2.41. The molecule has 0 bridgehead atoms. The average Bonchev–Trinajstić information content (AvgIpc) is 3.07. The molecule has 1 aliphatic heterocycles. The summed E-state index contributed by atoms with van der Waals surface area (Å²) in [5.41, 5.74) is 3.01. The Bertz CT molecular complexity index is 840. The van der Waals surface area contributed by atoms with Gasteiger partial charge in [-0.25, -0.2) is 0 Å². The van der Waals surface area contributed by atoms with E-state index in [1.54, 1.807) is 10.9 Å². The van der Waals surface area contributed by atoms with Crippen molar-refractivity contribution in [2.45, 2.75) is 6.10 Å². The van der Waals surface area contributed by atoms with Crippen LogP contribution in [0.4, 0.5) is 0 Å². The highest BCUT2D eigenvalue weighted by atomic mass is 16.5. The second-order valence-corrected chi connectivity index (χ2v) is 5.96. The van der Waals surface area contributed by atoms with Gasteiger partial charge in [-0.1, -0.05) is 0 Å². The third-order valence-electron chi connectivity index (χ3n) is 4.15. The van der Waals surface area contributed by atoms with Crippen LogP contribution >= 0.6 is 0 Å². The van der Waals surface area contributed by atoms with Gasteiger partial charge in [0.1, 0.15) is 18.5 Å². The molecule has 0 unspecified atom stereocenters. The molecule has 0 spiro atoms. The summed E-state index contributed by atoms with van der Waals surface area (Å²) in [4.78, 5) is 4.48. The maximum absolute atomic E-state index is 6.10. The van der Waals surface area contributed by atoms with Gasteiger partial charge in [0.25, 0.3) is 0 Å². The standard InChI is InChI=1S/C18H20N4O2/c1-22-11-14(9-21-22)13-7-17-16(3-2-4-20-17)18(8-13)24-12-15-10-19-5-6-23-15/h2-4,7-9,11,15,19H,5-6,10,12H2,1H3/t15-/m0/s1. The molecule has 0 radical (unpaired) electrons. The molecular formula is C18H20N4O2. The zero-order valence-corrected chi connectivity index (χ0v) is 13.6. The first-order valence-electron chi connectivity index (χ1n) is 8.12. The van der Waals surface area contributed by atoms with Crippen molar-refractivity contribution in [2.75, 3.05) is 26.3 Å². The molecular weight excluding hydrogens is 304 g/mol. The second kappa shape index (κ2) is 6.59. The summed E-state index contributed by atoms with van der Waals surface area (Å²) in [6.07, 6.45) is 5.71. The summed E-state index contributed by atoms with van der Waals surface area (Å²) in [5.74, 6) is 0.827. The number of hydrogen-bond donors (Lipinski definition) is 1. The first kappa shape index (κ1) is 15.1. The quantitative estimate of drug-likeness (QED) is 0.795. The van der Waals surface area contributed by atoms with Crippen LogP contribution in [0.3, 0.4) is 0 Å². The van der Waals surface area contributed by atoms with E-state index < -0.39 is 0 Å². The van der Waals surface area contributed by atoms with Crippen LogP contribution in [0.2, 0.25) is 0 Å². The highest BCUT2D eigenvalue weighted by Gasteiger charge is 2.15. The van der Waals surface area contributed by atoms with E-state index in [-0.39, 0.29) is 6.10 Å². The zero-order chi connectivity index (χ0) is 16.4. The summed E-state index contributed by atoms with van der Waals surface area (Å²) in [6.45, 7) is 2.97. The molecule has 124 valence electrons. The molecule has 0 saturated carbocycles. The van der Waals surface area contributed by atoms with E-state index >= 15 is 0 Å². The van der Waals surface area contributed by atoms with Gasteiger partial charge in [-0.05, 0) is 29.8 Å². The van der Waals surface area contributed by atoms with Crippen molar-refractivity contribution in [3.63, 3.8) is 0 Å². The van der Waals surface area contributed by atoms with Crippen LogP contribution in [0, 0.1) is 0 Å². The van der Waals surface area contributed by atoms with E-state index in [4.69, 9.17) is 9.47 Å². The Morgan fingerprint density at radius 1 is 1.38 bits per heavy atom. The number of aromatic nitrogens is 3. The predicted octanol–water partition coefficient (Wildman–Crippen LogP) is 2.00. The lowest BCUT2D eigenvalue weighted by Gasteiger charge is -2.24. The SMILES string of the molecule is Cn1cc(-c2cc(OC[C@@H]3CNCCO3)c3cccnc3c2)cn1. The maximum Gasteiger partial charge on any atom is 0.129 e. The smallest absolute Gasteiger partial charge is 0.129 e. The molecule has 1 aromatic carbocycles. The van der Waals surface area contributed by atoms with Gasteiger partial charge in [0.15, 0.2) is 0 Å². The van der Waals surface area contributed by atoms with Crippen molar-refractivity contribution in [3.05, 3.63) is 42.9 Å². The molecule has 1 aliphatic rings. The fourth-order valence-corrected chi connectivity index (χ4v) is 2.91. The van der Waals surface area contributed by atoms with Gasteiger partial charge in [0, 0.05) is 43.5 Å². The Balaban J connectivity index is 1.66. The lowest BCUT2D eigenvalue weighted by molar-refractivity contribution is 0.000518. The molecule has 2 aromatic heterocycles. The number of rotatable bonds is 4. The lowest BCUT2D eigenvalue weighted by atomic mass is 10.1. The number of aryl methyl sites for hydroxylation is 1. The van der Waals surface area contributed by atoms with Crippen molar-refractivity contribution in [1.29, 1.82) is 0 Å². The van der Waals surface area contributed by atoms with Gasteiger partial charge in [-0.3, -0.25) is 9.67 Å². The molecule has 1 saturated heterocycles. The van der Waals surface area contributed by atoms with Crippen molar-refractivity contribution in [1.82, 2.24) is 20.1 Å². The van der Waals surface area contributed by atoms with Crippen LogP contribution in [-0.4, -0.2) is 47.2 Å². The number of nitrogens with one attached hydrogen (secondary N) is 1. The first-order valence-corrected chi connectivity index (χ1v) is 8.12. The molecule has 0 aliphatic carbocycles. The number of nitrogens with zero attached hydrogens (tertiary/aromatic N) is 3. The van der Waals surface area contributed by atoms with Gasteiger partial charge in [-0.2, -0.15) is 5.10 Å². The Kier molecular flexibility index (Phi) is 4.15. The number of fused-ring (bicyclic) bond motifs is 1. The van der Waals surface area contributed by atoms with Crippen molar-refractivity contribution in [3.8, 4) is 16.9 Å². The number of hydrogen-bond acceptors (Lipinski definition) is 5. The summed E-state index contributed by atoms with van der Waals surface area (Å²) in [6, 6.07) is 8.08. The minimum absolute atomic E-state index is 0.0764. The number of morpholine rings is 1. The molecule has 1 atom stereocenters. The Hall–Kier alpha value is -2.44. The van der Waals surface area contributed by atoms with E-state index in [0.717, 1.165) is 47.5 Å². The van der Waals surface area contributed by atoms with Gasteiger partial charge in [0.05, 0.1) is 18.3 Å².